The third kappa shape index (κ3) is 7.86. The molecule has 1 aliphatic heterocycles. The largest absolute Gasteiger partial charge is 0.383 e. The summed E-state index contributed by atoms with van der Waals surface area (Å²) in [6.45, 7) is 13.4. The Morgan fingerprint density at radius 2 is 1.97 bits per heavy atom. The molecule has 1 aliphatic rings. The number of hydrogen-bond acceptors (Lipinski definition) is 5. The van der Waals surface area contributed by atoms with Crippen molar-refractivity contribution in [3.63, 3.8) is 0 Å². The summed E-state index contributed by atoms with van der Waals surface area (Å²) in [5, 5.41) is 3.37. The van der Waals surface area contributed by atoms with Crippen LogP contribution in [0.1, 0.15) is 26.3 Å². The Balaban J connectivity index is 2.03. The van der Waals surface area contributed by atoms with Gasteiger partial charge in [0.25, 0.3) is 0 Å². The zero-order valence-corrected chi connectivity index (χ0v) is 19.5. The average Bonchev–Trinajstić information content (AvgIpc) is 2.72. The van der Waals surface area contributed by atoms with Crippen molar-refractivity contribution in [1.82, 2.24) is 19.8 Å². The van der Waals surface area contributed by atoms with Crippen molar-refractivity contribution in [2.24, 2.45) is 10.9 Å². The predicted octanol–water partition coefficient (Wildman–Crippen LogP) is 1.35. The van der Waals surface area contributed by atoms with Crippen LogP contribution in [0.3, 0.4) is 0 Å². The molecule has 1 aromatic rings. The lowest BCUT2D eigenvalue weighted by Gasteiger charge is -2.37. The Kier molecular flexibility index (Phi) is 10.0. The fourth-order valence-corrected chi connectivity index (χ4v) is 4.51. The summed E-state index contributed by atoms with van der Waals surface area (Å²) in [6, 6.07) is 6.94. The molecule has 0 aliphatic carbocycles. The summed E-state index contributed by atoms with van der Waals surface area (Å²) in [5.41, 5.74) is 0.860. The lowest BCUT2D eigenvalue weighted by Crippen LogP contribution is -2.53. The molecule has 0 radical (unpaired) electrons. The van der Waals surface area contributed by atoms with E-state index in [1.54, 1.807) is 25.3 Å². The van der Waals surface area contributed by atoms with Crippen molar-refractivity contribution in [2.75, 3.05) is 59.5 Å². The minimum absolute atomic E-state index is 0.245. The van der Waals surface area contributed by atoms with Crippen LogP contribution in [0.2, 0.25) is 0 Å². The van der Waals surface area contributed by atoms with Gasteiger partial charge in [-0.3, -0.25) is 4.90 Å². The number of methoxy groups -OCH3 is 1. The highest BCUT2D eigenvalue weighted by molar-refractivity contribution is 7.89. The van der Waals surface area contributed by atoms with Gasteiger partial charge in [-0.2, -0.15) is 0 Å². The summed E-state index contributed by atoms with van der Waals surface area (Å²) in [6.07, 6.45) is 0. The fourth-order valence-electron chi connectivity index (χ4n) is 3.42. The van der Waals surface area contributed by atoms with Gasteiger partial charge in [0.1, 0.15) is 0 Å². The quantitative estimate of drug-likeness (QED) is 0.325. The lowest BCUT2D eigenvalue weighted by molar-refractivity contribution is 0.164. The van der Waals surface area contributed by atoms with Gasteiger partial charge >= 0.3 is 0 Å². The van der Waals surface area contributed by atoms with Crippen molar-refractivity contribution >= 4 is 16.0 Å². The van der Waals surface area contributed by atoms with Crippen LogP contribution in [0.15, 0.2) is 34.2 Å². The van der Waals surface area contributed by atoms with Crippen LogP contribution in [-0.2, 0) is 21.3 Å². The number of nitrogens with zero attached hydrogens (tertiary/aromatic N) is 3. The highest BCUT2D eigenvalue weighted by atomic mass is 32.2. The molecule has 170 valence electrons. The first-order chi connectivity index (χ1) is 14.4. The number of aliphatic imine (C=N–C) groups is 1. The average molecular weight is 440 g/mol. The van der Waals surface area contributed by atoms with Crippen molar-refractivity contribution < 1.29 is 13.2 Å². The predicted molar refractivity (Wildman–Crippen MR) is 121 cm³/mol. The minimum Gasteiger partial charge on any atom is -0.383 e. The van der Waals surface area contributed by atoms with Gasteiger partial charge in [-0.05, 0) is 30.5 Å². The molecule has 0 unspecified atom stereocenters. The maximum absolute atomic E-state index is 12.4. The Hall–Kier alpha value is -1.68. The first-order valence-corrected chi connectivity index (χ1v) is 12.2. The van der Waals surface area contributed by atoms with E-state index in [1.165, 1.54) is 0 Å². The fraction of sp³-hybridized carbons (Fsp3) is 0.667. The molecule has 0 amide bonds. The minimum atomic E-state index is -3.55. The molecular formula is C21H37N5O3S. The molecule has 2 N–H and O–H groups in total. The van der Waals surface area contributed by atoms with E-state index >= 15 is 0 Å². The first-order valence-electron chi connectivity index (χ1n) is 10.7. The summed E-state index contributed by atoms with van der Waals surface area (Å²) in [4.78, 5) is 9.80. The molecule has 1 heterocycles. The molecule has 0 saturated carbocycles. The van der Waals surface area contributed by atoms with E-state index in [0.717, 1.165) is 50.8 Å². The Labute approximate surface area is 181 Å². The van der Waals surface area contributed by atoms with E-state index in [0.29, 0.717) is 19.1 Å². The maximum Gasteiger partial charge on any atom is 0.240 e. The highest BCUT2D eigenvalue weighted by Crippen LogP contribution is 2.13. The van der Waals surface area contributed by atoms with Crippen molar-refractivity contribution in [1.29, 1.82) is 0 Å². The van der Waals surface area contributed by atoms with Gasteiger partial charge in [-0.25, -0.2) is 18.1 Å². The monoisotopic (exact) mass is 439 g/mol. The molecule has 1 fully saturated rings. The highest BCUT2D eigenvalue weighted by Gasteiger charge is 2.20. The second kappa shape index (κ2) is 12.2. The van der Waals surface area contributed by atoms with Crippen LogP contribution >= 0.6 is 0 Å². The molecule has 0 aromatic heterocycles. The van der Waals surface area contributed by atoms with Gasteiger partial charge in [0.05, 0.1) is 18.0 Å². The molecule has 30 heavy (non-hydrogen) atoms. The zero-order chi connectivity index (χ0) is 22.0. The van der Waals surface area contributed by atoms with Gasteiger partial charge < -0.3 is 15.0 Å². The summed E-state index contributed by atoms with van der Waals surface area (Å²) < 4.78 is 32.3. The molecule has 0 atom stereocenters. The van der Waals surface area contributed by atoms with Gasteiger partial charge in [0, 0.05) is 52.9 Å². The SMILES string of the molecule is CCNC(=NCc1cccc(S(=O)(=O)NCCOC)c1)N1CCN(CC(C)C)CC1. The number of piperazine rings is 1. The second-order valence-electron chi connectivity index (χ2n) is 7.89. The number of sulfonamides is 1. The number of hydrogen-bond donors (Lipinski definition) is 2. The van der Waals surface area contributed by atoms with E-state index in [1.807, 2.05) is 6.07 Å². The molecule has 0 spiro atoms. The van der Waals surface area contributed by atoms with Crippen LogP contribution < -0.4 is 10.0 Å². The lowest BCUT2D eigenvalue weighted by atomic mass is 10.2. The Morgan fingerprint density at radius 3 is 2.60 bits per heavy atom. The topological polar surface area (TPSA) is 86.3 Å². The standard InChI is InChI=1S/C21H37N5O3S/c1-5-22-21(26-12-10-25(11-13-26)17-18(2)3)23-16-19-7-6-8-20(15-19)30(27,28)24-9-14-29-4/h6-8,15,18,24H,5,9-14,16-17H2,1-4H3,(H,22,23). The van der Waals surface area contributed by atoms with E-state index in [4.69, 9.17) is 9.73 Å². The van der Waals surface area contributed by atoms with Crippen LogP contribution in [-0.4, -0.2) is 83.7 Å². The van der Waals surface area contributed by atoms with E-state index in [9.17, 15) is 8.42 Å². The van der Waals surface area contributed by atoms with E-state index < -0.39 is 10.0 Å². The van der Waals surface area contributed by atoms with Crippen LogP contribution in [0, 0.1) is 5.92 Å². The summed E-state index contributed by atoms with van der Waals surface area (Å²) in [5.74, 6) is 1.55. The zero-order valence-electron chi connectivity index (χ0n) is 18.7. The molecule has 0 bridgehead atoms. The van der Waals surface area contributed by atoms with Gasteiger partial charge in [-0.15, -0.1) is 0 Å². The van der Waals surface area contributed by atoms with Gasteiger partial charge in [0.15, 0.2) is 5.96 Å². The molecule has 8 nitrogen and oxygen atoms in total. The Morgan fingerprint density at radius 1 is 1.23 bits per heavy atom. The smallest absolute Gasteiger partial charge is 0.240 e. The van der Waals surface area contributed by atoms with Crippen LogP contribution in [0.5, 0.6) is 0 Å². The van der Waals surface area contributed by atoms with Gasteiger partial charge in [0.2, 0.25) is 10.0 Å². The van der Waals surface area contributed by atoms with Crippen LogP contribution in [0.25, 0.3) is 0 Å². The number of nitrogens with one attached hydrogen (secondary N) is 2. The van der Waals surface area contributed by atoms with E-state index in [-0.39, 0.29) is 11.4 Å². The molecular weight excluding hydrogens is 402 g/mol. The van der Waals surface area contributed by atoms with Gasteiger partial charge in [-0.1, -0.05) is 26.0 Å². The normalized spacial score (nSPS) is 16.3. The van der Waals surface area contributed by atoms with Crippen LogP contribution in [0.4, 0.5) is 0 Å². The second-order valence-corrected chi connectivity index (χ2v) is 9.66. The summed E-state index contributed by atoms with van der Waals surface area (Å²) in [7, 11) is -2.01. The number of rotatable bonds is 10. The van der Waals surface area contributed by atoms with E-state index in [2.05, 4.69) is 40.6 Å². The number of ether oxygens (including phenoxy) is 1. The van der Waals surface area contributed by atoms with Crippen molar-refractivity contribution in [3.8, 4) is 0 Å². The third-order valence-electron chi connectivity index (χ3n) is 4.85. The van der Waals surface area contributed by atoms with Crippen molar-refractivity contribution in [2.45, 2.75) is 32.2 Å². The first kappa shape index (κ1) is 24.6. The maximum atomic E-state index is 12.4. The third-order valence-corrected chi connectivity index (χ3v) is 6.31. The van der Waals surface area contributed by atoms with Crippen molar-refractivity contribution in [3.05, 3.63) is 29.8 Å². The number of guanidine groups is 1. The molecule has 1 saturated heterocycles. The molecule has 9 heteroatoms. The molecule has 2 rings (SSSR count). The Bertz CT molecular complexity index is 775. The summed E-state index contributed by atoms with van der Waals surface area (Å²) >= 11 is 0. The number of benzene rings is 1. The molecule has 1 aromatic carbocycles.